The molecular weight excluding hydrogens is 470 g/mol. The van der Waals surface area contributed by atoms with E-state index in [0.717, 1.165) is 10.5 Å². The second-order valence-corrected chi connectivity index (χ2v) is 9.92. The fourth-order valence-electron chi connectivity index (χ4n) is 4.56. The van der Waals surface area contributed by atoms with Crippen LogP contribution in [-0.2, 0) is 19.1 Å². The molecule has 0 aliphatic carbocycles. The number of carbonyl (C=O) groups excluding carboxylic acids is 4. The van der Waals surface area contributed by atoms with Crippen molar-refractivity contribution in [2.75, 3.05) is 33.0 Å². The number of ether oxygens (including phenoxy) is 2. The van der Waals surface area contributed by atoms with Crippen LogP contribution in [0.5, 0.6) is 0 Å². The first kappa shape index (κ1) is 27.3. The minimum atomic E-state index is -1.09. The number of benzene rings is 1. The second-order valence-electron chi connectivity index (χ2n) is 9.92. The van der Waals surface area contributed by atoms with E-state index < -0.39 is 35.8 Å². The summed E-state index contributed by atoms with van der Waals surface area (Å²) < 4.78 is 11.0. The molecule has 5 amide bonds. The Balaban J connectivity index is 1.62. The van der Waals surface area contributed by atoms with E-state index in [1.165, 1.54) is 0 Å². The van der Waals surface area contributed by atoms with Gasteiger partial charge in [-0.15, -0.1) is 0 Å². The first-order valence-electron chi connectivity index (χ1n) is 12.0. The largest absolute Gasteiger partial charge is 0.465 e. The van der Waals surface area contributed by atoms with Crippen molar-refractivity contribution >= 4 is 29.7 Å². The van der Waals surface area contributed by atoms with Gasteiger partial charge in [0, 0.05) is 19.6 Å². The van der Waals surface area contributed by atoms with Crippen LogP contribution in [0.3, 0.4) is 0 Å². The second kappa shape index (κ2) is 11.6. The van der Waals surface area contributed by atoms with E-state index in [4.69, 9.17) is 14.6 Å². The van der Waals surface area contributed by atoms with Gasteiger partial charge < -0.3 is 19.9 Å². The molecule has 0 spiro atoms. The maximum atomic E-state index is 13.2. The van der Waals surface area contributed by atoms with Crippen LogP contribution in [0, 0.1) is 5.41 Å². The lowest BCUT2D eigenvalue weighted by Gasteiger charge is -2.31. The monoisotopic (exact) mass is 503 g/mol. The zero-order valence-corrected chi connectivity index (χ0v) is 20.8. The molecule has 1 aromatic carbocycles. The highest BCUT2D eigenvalue weighted by Gasteiger charge is 2.45. The summed E-state index contributed by atoms with van der Waals surface area (Å²) in [5.74, 6) is -2.06. The molecule has 2 heterocycles. The summed E-state index contributed by atoms with van der Waals surface area (Å²) in [6.45, 7) is 7.89. The van der Waals surface area contributed by atoms with Crippen LogP contribution in [0.1, 0.15) is 72.2 Å². The quantitative estimate of drug-likeness (QED) is 0.306. The Hall–Kier alpha value is -3.31. The molecule has 0 aromatic heterocycles. The molecule has 2 aliphatic heterocycles. The van der Waals surface area contributed by atoms with Gasteiger partial charge in [0.2, 0.25) is 11.8 Å². The molecule has 2 aliphatic rings. The number of piperidine rings is 1. The van der Waals surface area contributed by atoms with Gasteiger partial charge in [-0.2, -0.15) is 0 Å². The van der Waals surface area contributed by atoms with E-state index in [1.807, 2.05) is 6.07 Å². The Bertz CT molecular complexity index is 1030. The van der Waals surface area contributed by atoms with E-state index >= 15 is 0 Å². The molecule has 196 valence electrons. The molecule has 11 nitrogen and oxygen atoms in total. The first-order chi connectivity index (χ1) is 17.0. The Morgan fingerprint density at radius 1 is 1.08 bits per heavy atom. The summed E-state index contributed by atoms with van der Waals surface area (Å²) in [7, 11) is 0. The molecule has 36 heavy (non-hydrogen) atoms. The summed E-state index contributed by atoms with van der Waals surface area (Å²) in [4.78, 5) is 61.2. The fraction of sp³-hybridized carbons (Fsp3) is 0.560. The molecule has 2 unspecified atom stereocenters. The van der Waals surface area contributed by atoms with Crippen molar-refractivity contribution in [1.82, 2.24) is 15.5 Å². The Labute approximate surface area is 209 Å². The topological polar surface area (TPSA) is 151 Å². The number of carboxylic acid groups (broad SMARTS) is 1. The minimum absolute atomic E-state index is 0.0241. The predicted octanol–water partition coefficient (Wildman–Crippen LogP) is 1.91. The third-order valence-electron chi connectivity index (χ3n) is 6.36. The van der Waals surface area contributed by atoms with E-state index in [2.05, 4.69) is 31.4 Å². The SMILES string of the molecule is CC(C)(C)C(CCOCCOCCNC(=O)O)c1ccc2c(c1)C(=O)N(C1CCC(=O)NC1=O)C2=O. The van der Waals surface area contributed by atoms with Gasteiger partial charge in [0.25, 0.3) is 11.8 Å². The third kappa shape index (κ3) is 6.46. The van der Waals surface area contributed by atoms with Gasteiger partial charge in [-0.3, -0.25) is 29.4 Å². The molecule has 3 N–H and O–H groups in total. The first-order valence-corrected chi connectivity index (χ1v) is 12.0. The number of nitrogens with zero attached hydrogens (tertiary/aromatic N) is 1. The summed E-state index contributed by atoms with van der Waals surface area (Å²) in [6.07, 6.45) is -0.234. The number of hydrogen-bond acceptors (Lipinski definition) is 7. The molecule has 0 bridgehead atoms. The van der Waals surface area contributed by atoms with Gasteiger partial charge >= 0.3 is 6.09 Å². The Kier molecular flexibility index (Phi) is 8.80. The number of rotatable bonds is 11. The highest BCUT2D eigenvalue weighted by Crippen LogP contribution is 2.39. The summed E-state index contributed by atoms with van der Waals surface area (Å²) in [5.41, 5.74) is 1.26. The van der Waals surface area contributed by atoms with Crippen LogP contribution >= 0.6 is 0 Å². The molecule has 2 atom stereocenters. The number of nitrogens with one attached hydrogen (secondary N) is 2. The summed E-state index contributed by atoms with van der Waals surface area (Å²) >= 11 is 0. The molecule has 1 saturated heterocycles. The molecule has 3 rings (SSSR count). The summed E-state index contributed by atoms with van der Waals surface area (Å²) in [6, 6.07) is 4.21. The van der Waals surface area contributed by atoms with E-state index in [1.54, 1.807) is 12.1 Å². The molecule has 0 saturated carbocycles. The van der Waals surface area contributed by atoms with Crippen LogP contribution < -0.4 is 10.6 Å². The van der Waals surface area contributed by atoms with Crippen molar-refractivity contribution in [3.05, 3.63) is 34.9 Å². The van der Waals surface area contributed by atoms with Crippen LogP contribution in [0.4, 0.5) is 4.79 Å². The normalized spacial score (nSPS) is 18.8. The lowest BCUT2D eigenvalue weighted by atomic mass is 9.74. The van der Waals surface area contributed by atoms with Crippen molar-refractivity contribution in [3.8, 4) is 0 Å². The Morgan fingerprint density at radius 3 is 2.39 bits per heavy atom. The Morgan fingerprint density at radius 2 is 1.75 bits per heavy atom. The number of carbonyl (C=O) groups is 5. The molecule has 1 fully saturated rings. The van der Waals surface area contributed by atoms with Gasteiger partial charge in [0.15, 0.2) is 0 Å². The van der Waals surface area contributed by atoms with Gasteiger partial charge in [-0.1, -0.05) is 26.8 Å². The highest BCUT2D eigenvalue weighted by atomic mass is 16.5. The number of imide groups is 2. The fourth-order valence-corrected chi connectivity index (χ4v) is 4.56. The van der Waals surface area contributed by atoms with Crippen molar-refractivity contribution in [2.24, 2.45) is 5.41 Å². The molecule has 11 heteroatoms. The average molecular weight is 504 g/mol. The molecule has 1 aromatic rings. The number of fused-ring (bicyclic) bond motifs is 1. The highest BCUT2D eigenvalue weighted by molar-refractivity contribution is 6.23. The minimum Gasteiger partial charge on any atom is -0.465 e. The van der Waals surface area contributed by atoms with Crippen molar-refractivity contribution in [3.63, 3.8) is 0 Å². The third-order valence-corrected chi connectivity index (χ3v) is 6.36. The lowest BCUT2D eigenvalue weighted by Crippen LogP contribution is -2.54. The smallest absolute Gasteiger partial charge is 0.404 e. The maximum Gasteiger partial charge on any atom is 0.404 e. The van der Waals surface area contributed by atoms with Gasteiger partial charge in [0.1, 0.15) is 6.04 Å². The van der Waals surface area contributed by atoms with E-state index in [-0.39, 0.29) is 48.5 Å². The standard InChI is InChI=1S/C25H33N3O8/c1-25(2,3)18(8-10-35-12-13-36-11-9-26-24(33)34)15-4-5-16-17(14-15)23(32)28(22(16)31)19-6-7-20(29)27-21(19)30/h4-5,14,18-19,26H,6-13H2,1-3H3,(H,33,34)(H,27,29,30). The van der Waals surface area contributed by atoms with Gasteiger partial charge in [0.05, 0.1) is 30.9 Å². The van der Waals surface area contributed by atoms with Gasteiger partial charge in [-0.25, -0.2) is 4.79 Å². The van der Waals surface area contributed by atoms with E-state index in [0.29, 0.717) is 26.2 Å². The average Bonchev–Trinajstić information content (AvgIpc) is 3.04. The van der Waals surface area contributed by atoms with Crippen LogP contribution in [-0.4, -0.2) is 78.7 Å². The molecular formula is C25H33N3O8. The van der Waals surface area contributed by atoms with E-state index in [9.17, 15) is 24.0 Å². The predicted molar refractivity (Wildman–Crippen MR) is 128 cm³/mol. The van der Waals surface area contributed by atoms with Crippen molar-refractivity contribution < 1.29 is 38.6 Å². The number of amides is 5. The van der Waals surface area contributed by atoms with Crippen molar-refractivity contribution in [2.45, 2.75) is 52.0 Å². The zero-order chi connectivity index (χ0) is 26.5. The maximum absolute atomic E-state index is 13.2. The lowest BCUT2D eigenvalue weighted by molar-refractivity contribution is -0.136. The van der Waals surface area contributed by atoms with Crippen LogP contribution in [0.15, 0.2) is 18.2 Å². The molecule has 0 radical (unpaired) electrons. The number of hydrogen-bond donors (Lipinski definition) is 3. The van der Waals surface area contributed by atoms with Gasteiger partial charge in [-0.05, 0) is 41.9 Å². The summed E-state index contributed by atoms with van der Waals surface area (Å²) in [5, 5.41) is 12.9. The van der Waals surface area contributed by atoms with Crippen LogP contribution in [0.25, 0.3) is 0 Å². The van der Waals surface area contributed by atoms with Crippen LogP contribution in [0.2, 0.25) is 0 Å². The zero-order valence-electron chi connectivity index (χ0n) is 20.8. The van der Waals surface area contributed by atoms with Crippen molar-refractivity contribution in [1.29, 1.82) is 0 Å².